The molecule has 0 radical (unpaired) electrons. The average molecular weight is 229 g/mol. The van der Waals surface area contributed by atoms with Gasteiger partial charge < -0.3 is 20.1 Å². The lowest BCUT2D eigenvalue weighted by Crippen LogP contribution is -2.28. The van der Waals surface area contributed by atoms with Gasteiger partial charge >= 0.3 is 0 Å². The molecule has 1 aromatic rings. The van der Waals surface area contributed by atoms with Gasteiger partial charge in [-0.25, -0.2) is 0 Å². The minimum absolute atomic E-state index is 0.0554. The van der Waals surface area contributed by atoms with E-state index in [0.29, 0.717) is 5.82 Å². The van der Waals surface area contributed by atoms with E-state index in [1.54, 1.807) is 7.11 Å². The molecule has 0 saturated heterocycles. The SMILES string of the molecule is CCC(CC)(OC)c1noc(C(O)CN)n1. The Labute approximate surface area is 94.8 Å². The fourth-order valence-electron chi connectivity index (χ4n) is 1.60. The molecule has 0 aromatic carbocycles. The van der Waals surface area contributed by atoms with E-state index in [0.717, 1.165) is 12.8 Å². The van der Waals surface area contributed by atoms with Gasteiger partial charge in [-0.15, -0.1) is 0 Å². The fraction of sp³-hybridized carbons (Fsp3) is 0.800. The highest BCUT2D eigenvalue weighted by molar-refractivity contribution is 5.02. The third-order valence-electron chi connectivity index (χ3n) is 2.89. The molecule has 1 rings (SSSR count). The topological polar surface area (TPSA) is 94.4 Å². The Morgan fingerprint density at radius 2 is 2.12 bits per heavy atom. The van der Waals surface area contributed by atoms with Crippen LogP contribution in [0.3, 0.4) is 0 Å². The summed E-state index contributed by atoms with van der Waals surface area (Å²) in [7, 11) is 1.61. The van der Waals surface area contributed by atoms with Crippen LogP contribution in [0, 0.1) is 0 Å². The zero-order valence-electron chi connectivity index (χ0n) is 9.93. The van der Waals surface area contributed by atoms with Crippen molar-refractivity contribution in [3.8, 4) is 0 Å². The molecule has 0 saturated carbocycles. The molecule has 16 heavy (non-hydrogen) atoms. The summed E-state index contributed by atoms with van der Waals surface area (Å²) >= 11 is 0. The highest BCUT2D eigenvalue weighted by atomic mass is 16.5. The van der Waals surface area contributed by atoms with E-state index >= 15 is 0 Å². The molecule has 1 unspecified atom stereocenters. The minimum Gasteiger partial charge on any atom is -0.382 e. The van der Waals surface area contributed by atoms with Gasteiger partial charge in [-0.2, -0.15) is 4.98 Å². The molecule has 0 aliphatic rings. The van der Waals surface area contributed by atoms with Crippen molar-refractivity contribution in [2.24, 2.45) is 5.73 Å². The molecular weight excluding hydrogens is 210 g/mol. The van der Waals surface area contributed by atoms with E-state index in [4.69, 9.17) is 15.0 Å². The molecule has 0 spiro atoms. The van der Waals surface area contributed by atoms with E-state index in [1.807, 2.05) is 13.8 Å². The monoisotopic (exact) mass is 229 g/mol. The Morgan fingerprint density at radius 1 is 1.50 bits per heavy atom. The first-order chi connectivity index (χ1) is 7.63. The second kappa shape index (κ2) is 5.38. The van der Waals surface area contributed by atoms with Crippen molar-refractivity contribution in [3.05, 3.63) is 11.7 Å². The summed E-state index contributed by atoms with van der Waals surface area (Å²) in [4.78, 5) is 4.13. The molecule has 1 atom stereocenters. The third kappa shape index (κ3) is 2.23. The molecule has 1 aromatic heterocycles. The van der Waals surface area contributed by atoms with Crippen LogP contribution in [-0.2, 0) is 10.3 Å². The van der Waals surface area contributed by atoms with Crippen molar-refractivity contribution in [1.82, 2.24) is 10.1 Å². The van der Waals surface area contributed by atoms with Gasteiger partial charge in [0.05, 0.1) is 0 Å². The number of hydrogen-bond donors (Lipinski definition) is 2. The van der Waals surface area contributed by atoms with Gasteiger partial charge in [0, 0.05) is 13.7 Å². The lowest BCUT2D eigenvalue weighted by atomic mass is 9.96. The zero-order chi connectivity index (χ0) is 12.2. The Bertz CT molecular complexity index is 315. The second-order valence-electron chi connectivity index (χ2n) is 3.61. The molecule has 0 fully saturated rings. The summed E-state index contributed by atoms with van der Waals surface area (Å²) < 4.78 is 10.4. The lowest BCUT2D eigenvalue weighted by Gasteiger charge is -2.25. The second-order valence-corrected chi connectivity index (χ2v) is 3.61. The Morgan fingerprint density at radius 3 is 2.56 bits per heavy atom. The van der Waals surface area contributed by atoms with Crippen LogP contribution in [0.15, 0.2) is 4.52 Å². The maximum atomic E-state index is 9.46. The summed E-state index contributed by atoms with van der Waals surface area (Å²) in [6.45, 7) is 4.03. The smallest absolute Gasteiger partial charge is 0.256 e. The molecule has 6 heteroatoms. The van der Waals surface area contributed by atoms with E-state index in [2.05, 4.69) is 10.1 Å². The van der Waals surface area contributed by atoms with Crippen molar-refractivity contribution in [2.75, 3.05) is 13.7 Å². The highest BCUT2D eigenvalue weighted by Crippen LogP contribution is 2.30. The Hall–Kier alpha value is -0.980. The average Bonchev–Trinajstić information content (AvgIpc) is 2.81. The number of rotatable bonds is 6. The van der Waals surface area contributed by atoms with Gasteiger partial charge in [0.15, 0.2) is 0 Å². The van der Waals surface area contributed by atoms with Crippen LogP contribution in [0.4, 0.5) is 0 Å². The zero-order valence-corrected chi connectivity index (χ0v) is 9.93. The molecule has 6 nitrogen and oxygen atoms in total. The predicted octanol–water partition coefficient (Wildman–Crippen LogP) is 0.723. The van der Waals surface area contributed by atoms with E-state index < -0.39 is 11.7 Å². The van der Waals surface area contributed by atoms with Crippen LogP contribution in [0.1, 0.15) is 44.5 Å². The maximum Gasteiger partial charge on any atom is 0.256 e. The molecule has 0 bridgehead atoms. The lowest BCUT2D eigenvalue weighted by molar-refractivity contribution is -0.0306. The number of aromatic nitrogens is 2. The molecule has 0 amide bonds. The van der Waals surface area contributed by atoms with Crippen LogP contribution < -0.4 is 5.73 Å². The summed E-state index contributed by atoms with van der Waals surface area (Å²) in [6, 6.07) is 0. The summed E-state index contributed by atoms with van der Waals surface area (Å²) in [6.07, 6.45) is 0.555. The quantitative estimate of drug-likeness (QED) is 0.746. The molecule has 0 aliphatic heterocycles. The van der Waals surface area contributed by atoms with Gasteiger partial charge in [-0.3, -0.25) is 0 Å². The molecule has 0 aliphatic carbocycles. The number of nitrogens with two attached hydrogens (primary N) is 1. The van der Waals surface area contributed by atoms with Crippen molar-refractivity contribution in [2.45, 2.75) is 38.4 Å². The van der Waals surface area contributed by atoms with Crippen molar-refractivity contribution < 1.29 is 14.4 Å². The van der Waals surface area contributed by atoms with Crippen LogP contribution in [-0.4, -0.2) is 28.9 Å². The van der Waals surface area contributed by atoms with Gasteiger partial charge in [0.1, 0.15) is 11.7 Å². The van der Waals surface area contributed by atoms with E-state index in [1.165, 1.54) is 0 Å². The Kier molecular flexibility index (Phi) is 4.40. The summed E-state index contributed by atoms with van der Waals surface area (Å²) in [5.41, 5.74) is 4.77. The van der Waals surface area contributed by atoms with Gasteiger partial charge in [-0.1, -0.05) is 19.0 Å². The molecule has 1 heterocycles. The number of aliphatic hydroxyl groups is 1. The Balaban J connectivity index is 2.99. The van der Waals surface area contributed by atoms with Gasteiger partial charge in [-0.05, 0) is 12.8 Å². The fourth-order valence-corrected chi connectivity index (χ4v) is 1.60. The van der Waals surface area contributed by atoms with E-state index in [9.17, 15) is 5.11 Å². The summed E-state index contributed by atoms with van der Waals surface area (Å²) in [5.74, 6) is 0.600. The van der Waals surface area contributed by atoms with Crippen LogP contribution in [0.5, 0.6) is 0 Å². The first-order valence-electron chi connectivity index (χ1n) is 5.40. The van der Waals surface area contributed by atoms with E-state index in [-0.39, 0.29) is 12.4 Å². The van der Waals surface area contributed by atoms with Crippen LogP contribution in [0.2, 0.25) is 0 Å². The van der Waals surface area contributed by atoms with Crippen LogP contribution in [0.25, 0.3) is 0 Å². The number of nitrogens with zero attached hydrogens (tertiary/aromatic N) is 2. The minimum atomic E-state index is -0.912. The van der Waals surface area contributed by atoms with Gasteiger partial charge in [0.25, 0.3) is 5.89 Å². The molecule has 3 N–H and O–H groups in total. The number of ether oxygens (including phenoxy) is 1. The number of hydrogen-bond acceptors (Lipinski definition) is 6. The largest absolute Gasteiger partial charge is 0.382 e. The van der Waals surface area contributed by atoms with Crippen molar-refractivity contribution in [1.29, 1.82) is 0 Å². The highest BCUT2D eigenvalue weighted by Gasteiger charge is 2.34. The number of aliphatic hydroxyl groups excluding tert-OH is 1. The third-order valence-corrected chi connectivity index (χ3v) is 2.89. The standard InChI is InChI=1S/C10H19N3O3/c1-4-10(5-2,15-3)9-12-8(16-13-9)7(14)6-11/h7,14H,4-6,11H2,1-3H3. The van der Waals surface area contributed by atoms with Crippen molar-refractivity contribution >= 4 is 0 Å². The predicted molar refractivity (Wildman–Crippen MR) is 57.6 cm³/mol. The normalized spacial score (nSPS) is 14.1. The number of methoxy groups -OCH3 is 1. The van der Waals surface area contributed by atoms with Gasteiger partial charge in [0.2, 0.25) is 5.82 Å². The first kappa shape index (κ1) is 13.1. The van der Waals surface area contributed by atoms with Crippen LogP contribution >= 0.6 is 0 Å². The molecular formula is C10H19N3O3. The van der Waals surface area contributed by atoms with Crippen molar-refractivity contribution in [3.63, 3.8) is 0 Å². The first-order valence-corrected chi connectivity index (χ1v) is 5.40. The maximum absolute atomic E-state index is 9.46. The summed E-state index contributed by atoms with van der Waals surface area (Å²) in [5, 5.41) is 13.3. The molecule has 92 valence electrons.